The van der Waals surface area contributed by atoms with Gasteiger partial charge < -0.3 is 9.64 Å². The van der Waals surface area contributed by atoms with Crippen LogP contribution in [0.3, 0.4) is 0 Å². The lowest BCUT2D eigenvalue weighted by atomic mass is 10.2. The van der Waals surface area contributed by atoms with E-state index in [2.05, 4.69) is 4.74 Å². The predicted molar refractivity (Wildman–Crippen MR) is 91.7 cm³/mol. The zero-order valence-corrected chi connectivity index (χ0v) is 14.5. The van der Waals surface area contributed by atoms with Crippen molar-refractivity contribution in [2.24, 2.45) is 0 Å². The molecule has 2 aromatic rings. The molecule has 0 heterocycles. The van der Waals surface area contributed by atoms with Crippen molar-refractivity contribution < 1.29 is 18.3 Å². The Morgan fingerprint density at radius 1 is 1.21 bits per heavy atom. The summed E-state index contributed by atoms with van der Waals surface area (Å²) >= 11 is 7.43. The van der Waals surface area contributed by atoms with E-state index in [0.29, 0.717) is 11.6 Å². The third-order valence-electron chi connectivity index (χ3n) is 3.18. The Balaban J connectivity index is 1.86. The lowest BCUT2D eigenvalue weighted by Crippen LogP contribution is -2.27. The summed E-state index contributed by atoms with van der Waals surface area (Å²) in [5.74, 6) is 0.317. The molecule has 3 nitrogen and oxygen atoms in total. The summed E-state index contributed by atoms with van der Waals surface area (Å²) < 4.78 is 28.5. The van der Waals surface area contributed by atoms with Crippen LogP contribution < -0.4 is 4.74 Å². The van der Waals surface area contributed by atoms with Crippen LogP contribution in [0.2, 0.25) is 5.02 Å². The average molecular weight is 372 g/mol. The number of nitrogens with zero attached hydrogens (tertiary/aromatic N) is 1. The van der Waals surface area contributed by atoms with Crippen LogP contribution >= 0.6 is 23.4 Å². The van der Waals surface area contributed by atoms with Gasteiger partial charge in [0.05, 0.1) is 10.8 Å². The largest absolute Gasteiger partial charge is 0.435 e. The number of thioether (sulfide) groups is 1. The molecule has 0 aliphatic carbocycles. The molecule has 24 heavy (non-hydrogen) atoms. The number of alkyl halides is 2. The molecule has 0 saturated heterocycles. The predicted octanol–water partition coefficient (Wildman–Crippen LogP) is 4.69. The Morgan fingerprint density at radius 2 is 1.88 bits per heavy atom. The second kappa shape index (κ2) is 8.89. The molecule has 2 rings (SSSR count). The second-order valence-corrected chi connectivity index (χ2v) is 6.42. The van der Waals surface area contributed by atoms with Crippen LogP contribution in [-0.2, 0) is 11.3 Å². The van der Waals surface area contributed by atoms with Gasteiger partial charge in [0.2, 0.25) is 5.91 Å². The topological polar surface area (TPSA) is 29.5 Å². The summed E-state index contributed by atoms with van der Waals surface area (Å²) in [5.41, 5.74) is 0.829. The van der Waals surface area contributed by atoms with Gasteiger partial charge in [0.1, 0.15) is 5.75 Å². The average Bonchev–Trinajstić information content (AvgIpc) is 2.55. The van der Waals surface area contributed by atoms with E-state index in [0.717, 1.165) is 10.5 Å². The SMILES string of the molecule is CN(Cc1ccc(OC(F)F)cc1)C(=O)CSc1ccccc1Cl. The zero-order chi connectivity index (χ0) is 17.5. The maximum Gasteiger partial charge on any atom is 0.387 e. The van der Waals surface area contributed by atoms with Gasteiger partial charge in [-0.2, -0.15) is 8.78 Å². The zero-order valence-electron chi connectivity index (χ0n) is 12.9. The van der Waals surface area contributed by atoms with Gasteiger partial charge in [-0.25, -0.2) is 0 Å². The fourth-order valence-corrected chi connectivity index (χ4v) is 3.13. The van der Waals surface area contributed by atoms with E-state index < -0.39 is 6.61 Å². The quantitative estimate of drug-likeness (QED) is 0.661. The van der Waals surface area contributed by atoms with Crippen LogP contribution in [0.1, 0.15) is 5.56 Å². The molecule has 0 N–H and O–H groups in total. The summed E-state index contributed by atoms with van der Waals surface area (Å²) in [6.07, 6.45) is 0. The van der Waals surface area contributed by atoms with Gasteiger partial charge in [0, 0.05) is 18.5 Å². The smallest absolute Gasteiger partial charge is 0.387 e. The Labute approximate surface area is 148 Å². The molecule has 0 bridgehead atoms. The molecule has 7 heteroatoms. The van der Waals surface area contributed by atoms with Crippen LogP contribution in [0.15, 0.2) is 53.4 Å². The first-order valence-electron chi connectivity index (χ1n) is 7.11. The lowest BCUT2D eigenvalue weighted by Gasteiger charge is -2.17. The molecule has 0 saturated carbocycles. The third-order valence-corrected chi connectivity index (χ3v) is 4.68. The van der Waals surface area contributed by atoms with Crippen molar-refractivity contribution in [3.8, 4) is 5.75 Å². The molecule has 0 aliphatic heterocycles. The van der Waals surface area contributed by atoms with Gasteiger partial charge >= 0.3 is 6.61 Å². The summed E-state index contributed by atoms with van der Waals surface area (Å²) in [6, 6.07) is 13.6. The first kappa shape index (κ1) is 18.5. The summed E-state index contributed by atoms with van der Waals surface area (Å²) in [5, 5.41) is 0.618. The number of benzene rings is 2. The molecule has 0 radical (unpaired) electrons. The van der Waals surface area contributed by atoms with Crippen molar-refractivity contribution in [1.29, 1.82) is 0 Å². The van der Waals surface area contributed by atoms with Crippen molar-refractivity contribution in [2.45, 2.75) is 18.1 Å². The number of hydrogen-bond donors (Lipinski definition) is 0. The van der Waals surface area contributed by atoms with Crippen LogP contribution in [0, 0.1) is 0 Å². The van der Waals surface area contributed by atoms with Gasteiger partial charge in [-0.1, -0.05) is 35.9 Å². The number of ether oxygens (including phenoxy) is 1. The first-order chi connectivity index (χ1) is 11.5. The highest BCUT2D eigenvalue weighted by Crippen LogP contribution is 2.26. The van der Waals surface area contributed by atoms with E-state index >= 15 is 0 Å². The second-order valence-electron chi connectivity index (χ2n) is 4.99. The molecule has 0 aliphatic rings. The molecule has 1 amide bonds. The maximum atomic E-state index is 12.2. The van der Waals surface area contributed by atoms with E-state index in [1.54, 1.807) is 30.1 Å². The van der Waals surface area contributed by atoms with Crippen molar-refractivity contribution >= 4 is 29.3 Å². The highest BCUT2D eigenvalue weighted by molar-refractivity contribution is 8.00. The van der Waals surface area contributed by atoms with Crippen molar-refractivity contribution in [1.82, 2.24) is 4.90 Å². The maximum absolute atomic E-state index is 12.2. The molecule has 128 valence electrons. The summed E-state index contributed by atoms with van der Waals surface area (Å²) in [6.45, 7) is -2.46. The normalized spacial score (nSPS) is 10.7. The first-order valence-corrected chi connectivity index (χ1v) is 8.47. The molecule has 0 unspecified atom stereocenters. The van der Waals surface area contributed by atoms with Gasteiger partial charge in [-0.3, -0.25) is 4.79 Å². The highest BCUT2D eigenvalue weighted by Gasteiger charge is 2.11. The van der Waals surface area contributed by atoms with Crippen LogP contribution in [-0.4, -0.2) is 30.2 Å². The van der Waals surface area contributed by atoms with Gasteiger partial charge in [0.15, 0.2) is 0 Å². The number of halogens is 3. The Morgan fingerprint density at radius 3 is 2.50 bits per heavy atom. The van der Waals surface area contributed by atoms with Crippen molar-refractivity contribution in [2.75, 3.05) is 12.8 Å². The monoisotopic (exact) mass is 371 g/mol. The van der Waals surface area contributed by atoms with E-state index in [-0.39, 0.29) is 17.4 Å². The van der Waals surface area contributed by atoms with E-state index in [9.17, 15) is 13.6 Å². The highest BCUT2D eigenvalue weighted by atomic mass is 35.5. The number of amides is 1. The molecule has 0 spiro atoms. The molecule has 2 aromatic carbocycles. The van der Waals surface area contributed by atoms with Gasteiger partial charge in [0.25, 0.3) is 0 Å². The van der Waals surface area contributed by atoms with Gasteiger partial charge in [-0.05, 0) is 29.8 Å². The number of rotatable bonds is 7. The number of carbonyl (C=O) groups is 1. The number of carbonyl (C=O) groups excluding carboxylic acids is 1. The molecule has 0 atom stereocenters. The lowest BCUT2D eigenvalue weighted by molar-refractivity contribution is -0.127. The minimum atomic E-state index is -2.85. The summed E-state index contributed by atoms with van der Waals surface area (Å²) in [7, 11) is 1.69. The van der Waals surface area contributed by atoms with Crippen LogP contribution in [0.5, 0.6) is 5.75 Å². The Hall–Kier alpha value is -1.79. The van der Waals surface area contributed by atoms with Gasteiger partial charge in [-0.15, -0.1) is 11.8 Å². The van der Waals surface area contributed by atoms with Crippen LogP contribution in [0.4, 0.5) is 8.78 Å². The fraction of sp³-hybridized carbons (Fsp3) is 0.235. The molecular formula is C17H16ClF2NO2S. The minimum Gasteiger partial charge on any atom is -0.435 e. The Kier molecular flexibility index (Phi) is 6.87. The van der Waals surface area contributed by atoms with E-state index in [1.165, 1.54) is 23.9 Å². The van der Waals surface area contributed by atoms with E-state index in [4.69, 9.17) is 11.6 Å². The van der Waals surface area contributed by atoms with Crippen LogP contribution in [0.25, 0.3) is 0 Å². The summed E-state index contributed by atoms with van der Waals surface area (Å²) in [4.78, 5) is 14.6. The fourth-order valence-electron chi connectivity index (χ4n) is 1.95. The molecule has 0 aromatic heterocycles. The minimum absolute atomic E-state index is 0.0483. The molecule has 0 fully saturated rings. The van der Waals surface area contributed by atoms with E-state index in [1.807, 2.05) is 18.2 Å². The third kappa shape index (κ3) is 5.69. The molecular weight excluding hydrogens is 356 g/mol. The number of hydrogen-bond acceptors (Lipinski definition) is 3. The Bertz CT molecular complexity index is 683. The van der Waals surface area contributed by atoms with Crippen molar-refractivity contribution in [3.63, 3.8) is 0 Å². The standard InChI is InChI=1S/C17H16ClF2NO2S/c1-21(10-12-6-8-13(9-7-12)23-17(19)20)16(22)11-24-15-5-3-2-4-14(15)18/h2-9,17H,10-11H2,1H3. The van der Waals surface area contributed by atoms with Crippen molar-refractivity contribution in [3.05, 3.63) is 59.1 Å².